The Morgan fingerprint density at radius 2 is 1.74 bits per heavy atom. The molecule has 2 aliphatic carbocycles. The lowest BCUT2D eigenvalue weighted by Gasteiger charge is -2.59. The predicted octanol–water partition coefficient (Wildman–Crippen LogP) is 8.85. The molecule has 38 heavy (non-hydrogen) atoms. The van der Waals surface area contributed by atoms with Crippen LogP contribution in [0, 0.1) is 23.7 Å². The summed E-state index contributed by atoms with van der Waals surface area (Å²) in [6, 6.07) is 10.9. The molecule has 1 saturated carbocycles. The van der Waals surface area contributed by atoms with E-state index >= 15 is 0 Å². The molecule has 2 heterocycles. The zero-order valence-corrected chi connectivity index (χ0v) is 27.7. The van der Waals surface area contributed by atoms with E-state index in [1.807, 2.05) is 0 Å². The maximum Gasteiger partial charge on any atom is 0.192 e. The van der Waals surface area contributed by atoms with Crippen molar-refractivity contribution in [3.8, 4) is 0 Å². The maximum absolute atomic E-state index is 7.56. The highest BCUT2D eigenvalue weighted by Crippen LogP contribution is 2.70. The van der Waals surface area contributed by atoms with Gasteiger partial charge < -0.3 is 13.6 Å². The largest absolute Gasteiger partial charge is 0.414 e. The van der Waals surface area contributed by atoms with E-state index in [0.29, 0.717) is 30.3 Å². The van der Waals surface area contributed by atoms with Crippen molar-refractivity contribution in [2.45, 2.75) is 115 Å². The first-order valence-corrected chi connectivity index (χ1v) is 21.3. The molecule has 1 aromatic carbocycles. The molecule has 2 saturated heterocycles. The second-order valence-electron chi connectivity index (χ2n) is 15.5. The molecule has 4 aliphatic rings. The fourth-order valence-corrected chi connectivity index (χ4v) is 10.5. The van der Waals surface area contributed by atoms with E-state index in [-0.39, 0.29) is 21.8 Å². The van der Waals surface area contributed by atoms with Gasteiger partial charge in [-0.1, -0.05) is 83.2 Å². The Labute approximate surface area is 234 Å². The Morgan fingerprint density at radius 3 is 2.37 bits per heavy atom. The summed E-state index contributed by atoms with van der Waals surface area (Å²) in [4.78, 5) is 0. The molecule has 3 nitrogen and oxygen atoms in total. The molecule has 3 fully saturated rings. The van der Waals surface area contributed by atoms with Gasteiger partial charge in [0.05, 0.1) is 23.4 Å². The number of rotatable bonds is 6. The van der Waals surface area contributed by atoms with Crippen LogP contribution in [0.3, 0.4) is 0 Å². The van der Waals surface area contributed by atoms with E-state index in [1.54, 1.807) is 0 Å². The van der Waals surface area contributed by atoms with Crippen molar-refractivity contribution in [3.63, 3.8) is 0 Å². The van der Waals surface area contributed by atoms with Crippen LogP contribution in [0.4, 0.5) is 0 Å². The number of hydrogen-bond donors (Lipinski definition) is 0. The molecule has 0 aromatic heterocycles. The van der Waals surface area contributed by atoms with Gasteiger partial charge in [0.15, 0.2) is 16.6 Å². The van der Waals surface area contributed by atoms with Gasteiger partial charge >= 0.3 is 0 Å². The van der Waals surface area contributed by atoms with Crippen molar-refractivity contribution < 1.29 is 13.6 Å². The summed E-state index contributed by atoms with van der Waals surface area (Å²) in [5.41, 5.74) is 1.97. The summed E-state index contributed by atoms with van der Waals surface area (Å²) >= 11 is 0. The summed E-state index contributed by atoms with van der Waals surface area (Å²) in [5.74, 6) is 1.71. The molecule has 0 radical (unpaired) electrons. The number of allylic oxidation sites excluding steroid dienone is 1. The third kappa shape index (κ3) is 4.58. The van der Waals surface area contributed by atoms with Gasteiger partial charge in [0, 0.05) is 18.3 Å². The van der Waals surface area contributed by atoms with Gasteiger partial charge in [-0.25, -0.2) is 0 Å². The van der Waals surface area contributed by atoms with Gasteiger partial charge in [0.2, 0.25) is 0 Å². The van der Waals surface area contributed by atoms with Gasteiger partial charge in [-0.3, -0.25) is 0 Å². The third-order valence-corrected chi connectivity index (χ3v) is 16.1. The lowest BCUT2D eigenvalue weighted by Crippen LogP contribution is -2.66. The lowest BCUT2D eigenvalue weighted by atomic mass is 9.62. The minimum atomic E-state index is -1.94. The zero-order valence-electron chi connectivity index (χ0n) is 25.7. The van der Waals surface area contributed by atoms with E-state index < -0.39 is 16.6 Å². The molecular weight excluding hydrogens is 501 g/mol. The highest BCUT2D eigenvalue weighted by atomic mass is 28.4. The average molecular weight is 553 g/mol. The number of benzene rings is 1. The Morgan fingerprint density at radius 1 is 1.05 bits per heavy atom. The van der Waals surface area contributed by atoms with Gasteiger partial charge in [-0.15, -0.1) is 0 Å². The molecule has 5 heteroatoms. The van der Waals surface area contributed by atoms with E-state index in [2.05, 4.69) is 116 Å². The van der Waals surface area contributed by atoms with Crippen LogP contribution in [0.1, 0.15) is 65.9 Å². The Bertz CT molecular complexity index is 1100. The number of fused-ring (bicyclic) bond motifs is 2. The fraction of sp³-hybridized carbons (Fsp3) is 0.697. The van der Waals surface area contributed by atoms with Crippen molar-refractivity contribution in [2.24, 2.45) is 23.7 Å². The molecule has 1 spiro atoms. The molecule has 0 N–H and O–H groups in total. The summed E-state index contributed by atoms with van der Waals surface area (Å²) in [5, 5.41) is 0.170. The normalized spacial score (nSPS) is 39.9. The Balaban J connectivity index is 1.67. The van der Waals surface area contributed by atoms with E-state index in [1.165, 1.54) is 11.1 Å². The summed E-state index contributed by atoms with van der Waals surface area (Å²) in [7, 11) is -3.85. The van der Waals surface area contributed by atoms with Crippen molar-refractivity contribution >= 4 is 22.7 Å². The van der Waals surface area contributed by atoms with Crippen molar-refractivity contribution in [1.82, 2.24) is 0 Å². The highest BCUT2D eigenvalue weighted by molar-refractivity contribution is 6.74. The van der Waals surface area contributed by atoms with Crippen molar-refractivity contribution in [1.29, 1.82) is 0 Å². The molecule has 2 bridgehead atoms. The molecule has 210 valence electrons. The summed E-state index contributed by atoms with van der Waals surface area (Å²) in [6.45, 7) is 24.4. The van der Waals surface area contributed by atoms with E-state index in [9.17, 15) is 0 Å². The van der Waals surface area contributed by atoms with E-state index in [4.69, 9.17) is 13.6 Å². The Kier molecular flexibility index (Phi) is 6.96. The standard InChI is InChI=1S/C33H52O3Si2/c1-24-19-29-32(36-37(6,7)8,28(24)20-26-16-12-11-13-17-26)22-31(23-34-38(9,10)30(3,4)5)21-27-18-14-15-25(2)33(27,29)35-31/h11-14,16-18,20,24-25,27,29H,15,19,21-23H2,1-10H3/b28-20+/t24-,25-,27-,29-,31+,32+,33-/m1/s1. The van der Waals surface area contributed by atoms with Gasteiger partial charge in [-0.05, 0) is 80.0 Å². The van der Waals surface area contributed by atoms with Crippen LogP contribution in [0.25, 0.3) is 6.08 Å². The second-order valence-corrected chi connectivity index (χ2v) is 24.8. The SMILES string of the molecule is C[C@@H]1C[C@H]2[C@]34O[C@@](CO[Si](C)(C)C(C)(C)C)(C[C@H]3C=CC[C@H]4C)C[C@]2(O[Si](C)(C)C)/C1=C/c1ccccc1. The first-order valence-electron chi connectivity index (χ1n) is 15.0. The summed E-state index contributed by atoms with van der Waals surface area (Å²) < 4.78 is 22.1. The van der Waals surface area contributed by atoms with Crippen LogP contribution in [0.15, 0.2) is 48.1 Å². The fourth-order valence-electron chi connectivity index (χ4n) is 8.06. The predicted molar refractivity (Wildman–Crippen MR) is 164 cm³/mol. The monoisotopic (exact) mass is 552 g/mol. The molecular formula is C33H52O3Si2. The van der Waals surface area contributed by atoms with Crippen LogP contribution in [-0.2, 0) is 13.6 Å². The number of ether oxygens (including phenoxy) is 1. The molecule has 0 amide bonds. The topological polar surface area (TPSA) is 27.7 Å². The molecule has 2 aliphatic heterocycles. The average Bonchev–Trinajstić information content (AvgIpc) is 3.23. The molecule has 1 aromatic rings. The van der Waals surface area contributed by atoms with Crippen LogP contribution >= 0.6 is 0 Å². The first-order chi connectivity index (χ1) is 17.5. The lowest BCUT2D eigenvalue weighted by molar-refractivity contribution is -0.252. The molecule has 7 atom stereocenters. The Hall–Kier alpha value is -0.986. The minimum absolute atomic E-state index is 0.170. The van der Waals surface area contributed by atoms with Crippen LogP contribution < -0.4 is 0 Å². The van der Waals surface area contributed by atoms with Crippen LogP contribution in [0.2, 0.25) is 37.8 Å². The second kappa shape index (κ2) is 9.27. The van der Waals surface area contributed by atoms with E-state index in [0.717, 1.165) is 25.7 Å². The van der Waals surface area contributed by atoms with Crippen molar-refractivity contribution in [2.75, 3.05) is 6.61 Å². The van der Waals surface area contributed by atoms with Crippen LogP contribution in [-0.4, -0.2) is 40.0 Å². The van der Waals surface area contributed by atoms with Gasteiger partial charge in [0.25, 0.3) is 0 Å². The van der Waals surface area contributed by atoms with Crippen molar-refractivity contribution in [3.05, 3.63) is 53.6 Å². The molecule has 5 rings (SSSR count). The first kappa shape index (κ1) is 28.5. The minimum Gasteiger partial charge on any atom is -0.414 e. The third-order valence-electron chi connectivity index (χ3n) is 10.6. The zero-order chi connectivity index (χ0) is 27.8. The van der Waals surface area contributed by atoms with Crippen LogP contribution in [0.5, 0.6) is 0 Å². The van der Waals surface area contributed by atoms with Gasteiger partial charge in [0.1, 0.15) is 0 Å². The maximum atomic E-state index is 7.56. The van der Waals surface area contributed by atoms with Gasteiger partial charge in [-0.2, -0.15) is 0 Å². The quantitative estimate of drug-likeness (QED) is 0.261. The summed E-state index contributed by atoms with van der Waals surface area (Å²) in [6.07, 6.45) is 11.6. The smallest absolute Gasteiger partial charge is 0.192 e. The number of hydrogen-bond acceptors (Lipinski definition) is 3. The highest BCUT2D eigenvalue weighted by Gasteiger charge is 2.74. The molecule has 0 unspecified atom stereocenters.